The lowest BCUT2D eigenvalue weighted by Gasteiger charge is -2.36. The number of nitrogens with one attached hydrogen (secondary N) is 1. The van der Waals surface area contributed by atoms with Crippen molar-refractivity contribution < 1.29 is 14.3 Å². The average Bonchev–Trinajstić information content (AvgIpc) is 2.24. The zero-order chi connectivity index (χ0) is 12.8. The largest absolute Gasteiger partial charge is 0.469 e. The molecule has 0 radical (unpaired) electrons. The summed E-state index contributed by atoms with van der Waals surface area (Å²) in [6, 6.07) is 0.203. The topological polar surface area (TPSA) is 58.6 Å². The minimum Gasteiger partial charge on any atom is -0.469 e. The monoisotopic (exact) mass is 242 g/mol. The molecule has 1 rings (SSSR count). The van der Waals surface area contributed by atoms with Gasteiger partial charge >= 0.3 is 5.97 Å². The zero-order valence-electron chi connectivity index (χ0n) is 10.9. The molecule has 5 heteroatoms. The molecule has 1 fully saturated rings. The summed E-state index contributed by atoms with van der Waals surface area (Å²) in [5.74, 6) is 0.370. The smallest absolute Gasteiger partial charge is 0.306 e. The van der Waals surface area contributed by atoms with E-state index in [1.807, 2.05) is 0 Å². The van der Waals surface area contributed by atoms with Gasteiger partial charge in [-0.3, -0.25) is 9.59 Å². The Labute approximate surface area is 102 Å². The summed E-state index contributed by atoms with van der Waals surface area (Å²) in [6.45, 7) is 6.21. The van der Waals surface area contributed by atoms with E-state index in [9.17, 15) is 9.59 Å². The fourth-order valence-corrected chi connectivity index (χ4v) is 2.39. The van der Waals surface area contributed by atoms with Crippen molar-refractivity contribution in [1.82, 2.24) is 10.2 Å². The maximum absolute atomic E-state index is 11.1. The van der Waals surface area contributed by atoms with Crippen LogP contribution in [0.5, 0.6) is 0 Å². The third-order valence-corrected chi connectivity index (χ3v) is 3.00. The normalized spacial score (nSPS) is 25.4. The summed E-state index contributed by atoms with van der Waals surface area (Å²) in [5.41, 5.74) is 0. The van der Waals surface area contributed by atoms with Crippen molar-refractivity contribution in [2.75, 3.05) is 26.7 Å². The van der Waals surface area contributed by atoms with Gasteiger partial charge in [-0.05, 0) is 12.3 Å². The number of piperidine rings is 1. The van der Waals surface area contributed by atoms with Crippen LogP contribution in [0.4, 0.5) is 0 Å². The van der Waals surface area contributed by atoms with Crippen LogP contribution in [0.1, 0.15) is 26.7 Å². The lowest BCUT2D eigenvalue weighted by atomic mass is 9.96. The number of hydrogen-bond acceptors (Lipinski definition) is 4. The number of amides is 1. The molecule has 1 aliphatic heterocycles. The summed E-state index contributed by atoms with van der Waals surface area (Å²) < 4.78 is 4.62. The number of rotatable bonds is 4. The molecule has 0 aromatic heterocycles. The molecule has 0 saturated carbocycles. The molecule has 0 aromatic rings. The van der Waals surface area contributed by atoms with E-state index in [2.05, 4.69) is 21.9 Å². The van der Waals surface area contributed by atoms with Crippen molar-refractivity contribution in [3.63, 3.8) is 0 Å². The van der Waals surface area contributed by atoms with Crippen molar-refractivity contribution in [2.45, 2.75) is 32.7 Å². The maximum atomic E-state index is 11.1. The lowest BCUT2D eigenvalue weighted by Crippen LogP contribution is -2.50. The molecule has 98 valence electrons. The van der Waals surface area contributed by atoms with E-state index in [4.69, 9.17) is 0 Å². The van der Waals surface area contributed by atoms with Crippen molar-refractivity contribution in [3.8, 4) is 0 Å². The molecule has 1 aliphatic rings. The highest BCUT2D eigenvalue weighted by Gasteiger charge is 2.25. The molecule has 0 aromatic carbocycles. The molecule has 1 saturated heterocycles. The molecule has 1 heterocycles. The third kappa shape index (κ3) is 5.17. The van der Waals surface area contributed by atoms with E-state index >= 15 is 0 Å². The molecular formula is C12H22N2O3. The number of esters is 1. The van der Waals surface area contributed by atoms with Crippen LogP contribution >= 0.6 is 0 Å². The Hall–Kier alpha value is -1.10. The quantitative estimate of drug-likeness (QED) is 0.725. The van der Waals surface area contributed by atoms with Gasteiger partial charge in [0, 0.05) is 32.6 Å². The predicted molar refractivity (Wildman–Crippen MR) is 64.5 cm³/mol. The standard InChI is InChI=1S/C12H22N2O3/c1-9-6-11(13-10(2)15)8-14(7-9)5-4-12(16)17-3/h9,11H,4-8H2,1-3H3,(H,13,15). The molecule has 1 amide bonds. The van der Waals surface area contributed by atoms with Crippen LogP contribution < -0.4 is 5.32 Å². The number of methoxy groups -OCH3 is 1. The molecule has 2 atom stereocenters. The van der Waals surface area contributed by atoms with Crippen molar-refractivity contribution in [2.24, 2.45) is 5.92 Å². The summed E-state index contributed by atoms with van der Waals surface area (Å²) in [4.78, 5) is 24.3. The second-order valence-electron chi connectivity index (χ2n) is 4.82. The first kappa shape index (κ1) is 14.0. The predicted octanol–water partition coefficient (Wildman–Crippen LogP) is 0.396. The summed E-state index contributed by atoms with van der Waals surface area (Å²) in [7, 11) is 1.40. The minimum absolute atomic E-state index is 0.0111. The van der Waals surface area contributed by atoms with Crippen molar-refractivity contribution in [3.05, 3.63) is 0 Å². The van der Waals surface area contributed by atoms with Crippen LogP contribution in [0.2, 0.25) is 0 Å². The van der Waals surface area contributed by atoms with E-state index in [1.165, 1.54) is 14.0 Å². The second kappa shape index (κ2) is 6.59. The second-order valence-corrected chi connectivity index (χ2v) is 4.82. The van der Waals surface area contributed by atoms with Gasteiger partial charge in [0.1, 0.15) is 0 Å². The number of nitrogens with zero attached hydrogens (tertiary/aromatic N) is 1. The molecule has 0 bridgehead atoms. The molecule has 0 aliphatic carbocycles. The lowest BCUT2D eigenvalue weighted by molar-refractivity contribution is -0.141. The summed E-state index contributed by atoms with van der Waals surface area (Å²) in [5, 5.41) is 2.95. The van der Waals surface area contributed by atoms with Gasteiger partial charge in [-0.15, -0.1) is 0 Å². The van der Waals surface area contributed by atoms with Gasteiger partial charge < -0.3 is 15.0 Å². The highest BCUT2D eigenvalue weighted by Crippen LogP contribution is 2.16. The number of ether oxygens (including phenoxy) is 1. The molecule has 2 unspecified atom stereocenters. The van der Waals surface area contributed by atoms with E-state index in [0.29, 0.717) is 18.9 Å². The van der Waals surface area contributed by atoms with Gasteiger partial charge in [0.2, 0.25) is 5.91 Å². The molecule has 1 N–H and O–H groups in total. The van der Waals surface area contributed by atoms with E-state index < -0.39 is 0 Å². The highest BCUT2D eigenvalue weighted by molar-refractivity contribution is 5.73. The number of hydrogen-bond donors (Lipinski definition) is 1. The summed E-state index contributed by atoms with van der Waals surface area (Å²) in [6.07, 6.45) is 1.42. The van der Waals surface area contributed by atoms with Crippen molar-refractivity contribution >= 4 is 11.9 Å². The number of carbonyl (C=O) groups excluding carboxylic acids is 2. The zero-order valence-corrected chi connectivity index (χ0v) is 10.9. The first-order valence-corrected chi connectivity index (χ1v) is 6.07. The van der Waals surface area contributed by atoms with E-state index in [0.717, 1.165) is 19.5 Å². The van der Waals surface area contributed by atoms with E-state index in [-0.39, 0.29) is 17.9 Å². The fourth-order valence-electron chi connectivity index (χ4n) is 2.39. The Morgan fingerprint density at radius 3 is 2.71 bits per heavy atom. The molecular weight excluding hydrogens is 220 g/mol. The average molecular weight is 242 g/mol. The molecule has 17 heavy (non-hydrogen) atoms. The van der Waals surface area contributed by atoms with Gasteiger partial charge in [-0.25, -0.2) is 0 Å². The van der Waals surface area contributed by atoms with E-state index in [1.54, 1.807) is 0 Å². The number of likely N-dealkylation sites (tertiary alicyclic amines) is 1. The molecule has 5 nitrogen and oxygen atoms in total. The minimum atomic E-state index is -0.181. The van der Waals surface area contributed by atoms with Crippen LogP contribution in [-0.2, 0) is 14.3 Å². The first-order chi connectivity index (χ1) is 8.01. The van der Waals surface area contributed by atoms with Crippen LogP contribution in [0.3, 0.4) is 0 Å². The molecule has 0 spiro atoms. The Kier molecular flexibility index (Phi) is 5.41. The van der Waals surface area contributed by atoms with Crippen LogP contribution in [0.15, 0.2) is 0 Å². The highest BCUT2D eigenvalue weighted by atomic mass is 16.5. The Balaban J connectivity index is 2.39. The van der Waals surface area contributed by atoms with Crippen molar-refractivity contribution in [1.29, 1.82) is 0 Å². The van der Waals surface area contributed by atoms with Gasteiger partial charge in [-0.2, -0.15) is 0 Å². The third-order valence-electron chi connectivity index (χ3n) is 3.00. The Bertz CT molecular complexity index is 281. The van der Waals surface area contributed by atoms with Crippen LogP contribution in [-0.4, -0.2) is 49.6 Å². The number of carbonyl (C=O) groups is 2. The van der Waals surface area contributed by atoms with Crippen LogP contribution in [0.25, 0.3) is 0 Å². The van der Waals surface area contributed by atoms with Gasteiger partial charge in [0.05, 0.1) is 13.5 Å². The van der Waals surface area contributed by atoms with Gasteiger partial charge in [0.25, 0.3) is 0 Å². The van der Waals surface area contributed by atoms with Crippen LogP contribution in [0, 0.1) is 5.92 Å². The van der Waals surface area contributed by atoms with Gasteiger partial charge in [-0.1, -0.05) is 6.92 Å². The Morgan fingerprint density at radius 2 is 2.12 bits per heavy atom. The maximum Gasteiger partial charge on any atom is 0.306 e. The fraction of sp³-hybridized carbons (Fsp3) is 0.833. The first-order valence-electron chi connectivity index (χ1n) is 6.07. The van der Waals surface area contributed by atoms with Gasteiger partial charge in [0.15, 0.2) is 0 Å². The summed E-state index contributed by atoms with van der Waals surface area (Å²) >= 11 is 0. The Morgan fingerprint density at radius 1 is 1.41 bits per heavy atom. The SMILES string of the molecule is COC(=O)CCN1CC(C)CC(NC(C)=O)C1.